The van der Waals surface area contributed by atoms with E-state index in [1.54, 1.807) is 5.32 Å². The zero-order valence-corrected chi connectivity index (χ0v) is 6.27. The van der Waals surface area contributed by atoms with Crippen LogP contribution < -0.4 is 11.1 Å². The number of anilines is 1. The predicted molar refractivity (Wildman–Crippen MR) is 39.5 cm³/mol. The van der Waals surface area contributed by atoms with Crippen molar-refractivity contribution in [1.82, 2.24) is 0 Å². The monoisotopic (exact) mass is 190 g/mol. The number of primary amides is 1. The number of halogens is 3. The van der Waals surface area contributed by atoms with E-state index in [4.69, 9.17) is 0 Å². The van der Waals surface area contributed by atoms with Gasteiger partial charge in [0, 0.05) is 0 Å². The molecule has 0 aromatic heterocycles. The van der Waals surface area contributed by atoms with Crippen LogP contribution in [-0.4, -0.2) is 6.03 Å². The van der Waals surface area contributed by atoms with E-state index in [1.807, 2.05) is 0 Å². The Morgan fingerprint density at radius 2 is 1.77 bits per heavy atom. The first-order valence-corrected chi connectivity index (χ1v) is 3.22. The van der Waals surface area contributed by atoms with Crippen LogP contribution in [0.3, 0.4) is 0 Å². The SMILES string of the molecule is NC(=O)Nc1c(F)ccc(F)c1F. The van der Waals surface area contributed by atoms with Crippen molar-refractivity contribution in [2.45, 2.75) is 0 Å². The van der Waals surface area contributed by atoms with E-state index in [0.717, 1.165) is 0 Å². The van der Waals surface area contributed by atoms with E-state index >= 15 is 0 Å². The molecular weight excluding hydrogens is 185 g/mol. The number of hydrogen-bond acceptors (Lipinski definition) is 1. The molecule has 0 unspecified atom stereocenters. The standard InChI is InChI=1S/C7H5F3N2O/c8-3-1-2-4(9)6(5(3)10)12-7(11)13/h1-2H,(H3,11,12,13). The van der Waals surface area contributed by atoms with Crippen molar-refractivity contribution < 1.29 is 18.0 Å². The molecule has 3 N–H and O–H groups in total. The molecule has 13 heavy (non-hydrogen) atoms. The van der Waals surface area contributed by atoms with Crippen LogP contribution in [0.4, 0.5) is 23.7 Å². The van der Waals surface area contributed by atoms with Gasteiger partial charge in [-0.25, -0.2) is 18.0 Å². The second-order valence-electron chi connectivity index (χ2n) is 2.21. The Kier molecular flexibility index (Phi) is 2.41. The fourth-order valence-corrected chi connectivity index (χ4v) is 0.765. The van der Waals surface area contributed by atoms with Crippen molar-refractivity contribution >= 4 is 11.7 Å². The number of amides is 2. The molecule has 0 bridgehead atoms. The summed E-state index contributed by atoms with van der Waals surface area (Å²) in [5.41, 5.74) is 3.72. The van der Waals surface area contributed by atoms with E-state index in [0.29, 0.717) is 12.1 Å². The van der Waals surface area contributed by atoms with E-state index < -0.39 is 29.2 Å². The first-order valence-electron chi connectivity index (χ1n) is 3.22. The zero-order valence-electron chi connectivity index (χ0n) is 6.27. The molecular formula is C7H5F3N2O. The highest BCUT2D eigenvalue weighted by Gasteiger charge is 2.14. The molecule has 0 radical (unpaired) electrons. The summed E-state index contributed by atoms with van der Waals surface area (Å²) < 4.78 is 37.9. The molecule has 2 amide bonds. The maximum absolute atomic E-state index is 12.7. The van der Waals surface area contributed by atoms with Crippen LogP contribution >= 0.6 is 0 Å². The van der Waals surface area contributed by atoms with Gasteiger partial charge in [0.2, 0.25) is 0 Å². The van der Waals surface area contributed by atoms with Gasteiger partial charge in [-0.1, -0.05) is 0 Å². The van der Waals surface area contributed by atoms with Crippen LogP contribution in [0.2, 0.25) is 0 Å². The summed E-state index contributed by atoms with van der Waals surface area (Å²) in [6, 6.07) is 0.129. The summed E-state index contributed by atoms with van der Waals surface area (Å²) in [5.74, 6) is -3.82. The first kappa shape index (κ1) is 9.37. The van der Waals surface area contributed by atoms with Crippen LogP contribution in [0, 0.1) is 17.5 Å². The molecule has 1 rings (SSSR count). The highest BCUT2D eigenvalue weighted by Crippen LogP contribution is 2.20. The van der Waals surface area contributed by atoms with E-state index in [2.05, 4.69) is 5.73 Å². The minimum Gasteiger partial charge on any atom is -0.351 e. The van der Waals surface area contributed by atoms with Gasteiger partial charge >= 0.3 is 6.03 Å². The second-order valence-corrected chi connectivity index (χ2v) is 2.21. The molecule has 0 saturated heterocycles. The van der Waals surface area contributed by atoms with Gasteiger partial charge in [-0.3, -0.25) is 0 Å². The number of carbonyl (C=O) groups is 1. The average Bonchev–Trinajstić information content (AvgIpc) is 2.05. The van der Waals surface area contributed by atoms with Gasteiger partial charge in [0.15, 0.2) is 11.6 Å². The average molecular weight is 190 g/mol. The number of hydrogen-bond donors (Lipinski definition) is 2. The van der Waals surface area contributed by atoms with Gasteiger partial charge in [0.1, 0.15) is 11.5 Å². The molecule has 0 spiro atoms. The quantitative estimate of drug-likeness (QED) is 0.649. The van der Waals surface area contributed by atoms with Gasteiger partial charge < -0.3 is 11.1 Å². The summed E-state index contributed by atoms with van der Waals surface area (Å²) in [6.45, 7) is 0. The summed E-state index contributed by atoms with van der Waals surface area (Å²) >= 11 is 0. The lowest BCUT2D eigenvalue weighted by molar-refractivity contribution is 0.259. The lowest BCUT2D eigenvalue weighted by atomic mass is 10.3. The highest BCUT2D eigenvalue weighted by molar-refractivity contribution is 5.88. The van der Waals surface area contributed by atoms with Crippen LogP contribution in [-0.2, 0) is 0 Å². The van der Waals surface area contributed by atoms with Gasteiger partial charge in [0.05, 0.1) is 0 Å². The Balaban J connectivity index is 3.17. The summed E-state index contributed by atoms with van der Waals surface area (Å²) in [6.07, 6.45) is 0. The Morgan fingerprint density at radius 3 is 2.31 bits per heavy atom. The Hall–Kier alpha value is -1.72. The minimum absolute atomic E-state index is 0.608. The van der Waals surface area contributed by atoms with Crippen molar-refractivity contribution in [3.8, 4) is 0 Å². The summed E-state index contributed by atoms with van der Waals surface area (Å²) in [7, 11) is 0. The van der Waals surface area contributed by atoms with Crippen LogP contribution in [0.1, 0.15) is 0 Å². The molecule has 1 aromatic rings. The molecule has 0 saturated carbocycles. The van der Waals surface area contributed by atoms with Crippen LogP contribution in [0.25, 0.3) is 0 Å². The maximum Gasteiger partial charge on any atom is 0.316 e. The smallest absolute Gasteiger partial charge is 0.316 e. The molecule has 0 fully saturated rings. The molecule has 70 valence electrons. The van der Waals surface area contributed by atoms with Crippen molar-refractivity contribution in [2.75, 3.05) is 5.32 Å². The van der Waals surface area contributed by atoms with Gasteiger partial charge in [-0.2, -0.15) is 0 Å². The number of rotatable bonds is 1. The minimum atomic E-state index is -1.47. The number of urea groups is 1. The Labute approximate surface area is 71.3 Å². The molecule has 3 nitrogen and oxygen atoms in total. The van der Waals surface area contributed by atoms with E-state index in [-0.39, 0.29) is 0 Å². The van der Waals surface area contributed by atoms with E-state index in [9.17, 15) is 18.0 Å². The fraction of sp³-hybridized carbons (Fsp3) is 0. The van der Waals surface area contributed by atoms with Gasteiger partial charge in [0.25, 0.3) is 0 Å². The molecule has 0 aliphatic heterocycles. The lowest BCUT2D eigenvalue weighted by Gasteiger charge is -2.04. The third-order valence-corrected chi connectivity index (χ3v) is 1.29. The molecule has 6 heteroatoms. The molecule has 0 atom stereocenters. The number of carbonyl (C=O) groups excluding carboxylic acids is 1. The lowest BCUT2D eigenvalue weighted by Crippen LogP contribution is -2.21. The fourth-order valence-electron chi connectivity index (χ4n) is 0.765. The number of benzene rings is 1. The zero-order chi connectivity index (χ0) is 10.0. The second kappa shape index (κ2) is 3.34. The molecule has 0 heterocycles. The number of nitrogens with one attached hydrogen (secondary N) is 1. The summed E-state index contributed by atoms with van der Waals surface area (Å²) in [5, 5.41) is 1.63. The van der Waals surface area contributed by atoms with Crippen molar-refractivity contribution in [3.63, 3.8) is 0 Å². The largest absolute Gasteiger partial charge is 0.351 e. The summed E-state index contributed by atoms with van der Waals surface area (Å²) in [4.78, 5) is 10.2. The van der Waals surface area contributed by atoms with Gasteiger partial charge in [-0.05, 0) is 12.1 Å². The van der Waals surface area contributed by atoms with E-state index in [1.165, 1.54) is 0 Å². The van der Waals surface area contributed by atoms with Crippen molar-refractivity contribution in [1.29, 1.82) is 0 Å². The van der Waals surface area contributed by atoms with Gasteiger partial charge in [-0.15, -0.1) is 0 Å². The third-order valence-electron chi connectivity index (χ3n) is 1.29. The normalized spacial score (nSPS) is 9.77. The van der Waals surface area contributed by atoms with Crippen molar-refractivity contribution in [2.24, 2.45) is 5.73 Å². The van der Waals surface area contributed by atoms with Crippen LogP contribution in [0.5, 0.6) is 0 Å². The predicted octanol–water partition coefficient (Wildman–Crippen LogP) is 1.59. The molecule has 0 aliphatic rings. The first-order chi connectivity index (χ1) is 6.02. The van der Waals surface area contributed by atoms with Crippen LogP contribution in [0.15, 0.2) is 12.1 Å². The Morgan fingerprint density at radius 1 is 1.23 bits per heavy atom. The third kappa shape index (κ3) is 1.90. The molecule has 1 aromatic carbocycles. The molecule has 0 aliphatic carbocycles. The maximum atomic E-state index is 12.7. The van der Waals surface area contributed by atoms with Crippen molar-refractivity contribution in [3.05, 3.63) is 29.6 Å². The Bertz CT molecular complexity index is 354. The topological polar surface area (TPSA) is 55.1 Å². The highest BCUT2D eigenvalue weighted by atomic mass is 19.2. The number of nitrogens with two attached hydrogens (primary N) is 1.